The summed E-state index contributed by atoms with van der Waals surface area (Å²) in [5.74, 6) is 2.28. The fourth-order valence-corrected chi connectivity index (χ4v) is 3.50. The summed E-state index contributed by atoms with van der Waals surface area (Å²) in [6.45, 7) is 15.6. The van der Waals surface area contributed by atoms with Gasteiger partial charge in [-0.05, 0) is 38.4 Å². The number of nitrogens with zero attached hydrogens (tertiary/aromatic N) is 3. The van der Waals surface area contributed by atoms with Crippen molar-refractivity contribution in [1.82, 2.24) is 20.4 Å². The number of ether oxygens (including phenoxy) is 2. The number of rotatable bonds is 11. The molecular formula is C23H41N5O2. The van der Waals surface area contributed by atoms with Crippen molar-refractivity contribution in [3.05, 3.63) is 29.3 Å². The lowest BCUT2D eigenvalue weighted by Crippen LogP contribution is -2.47. The maximum Gasteiger partial charge on any atom is 0.191 e. The quantitative estimate of drug-likeness (QED) is 0.325. The van der Waals surface area contributed by atoms with Gasteiger partial charge in [-0.15, -0.1) is 0 Å². The summed E-state index contributed by atoms with van der Waals surface area (Å²) < 4.78 is 11.3. The van der Waals surface area contributed by atoms with Crippen LogP contribution in [0, 0.1) is 12.8 Å². The standard InChI is InChI=1S/C23H41N5O2/c1-6-29-13-14-30-22-15-19(2)7-8-21(22)17-26-23(24-4)25-16-20(3)18-28-11-9-27(5)10-12-28/h7-8,15,20H,6,9-14,16-18H2,1-5H3,(H2,24,25,26). The minimum Gasteiger partial charge on any atom is -0.491 e. The lowest BCUT2D eigenvalue weighted by atomic mass is 10.1. The number of hydrogen-bond donors (Lipinski definition) is 2. The largest absolute Gasteiger partial charge is 0.491 e. The van der Waals surface area contributed by atoms with Crippen molar-refractivity contribution in [2.24, 2.45) is 10.9 Å². The number of benzene rings is 1. The van der Waals surface area contributed by atoms with Crippen LogP contribution in [-0.2, 0) is 11.3 Å². The van der Waals surface area contributed by atoms with Gasteiger partial charge in [-0.1, -0.05) is 19.1 Å². The van der Waals surface area contributed by atoms with E-state index in [9.17, 15) is 0 Å². The molecule has 0 amide bonds. The molecule has 30 heavy (non-hydrogen) atoms. The summed E-state index contributed by atoms with van der Waals surface area (Å²) in [5, 5.41) is 6.89. The Morgan fingerprint density at radius 3 is 2.63 bits per heavy atom. The fraction of sp³-hybridized carbons (Fsp3) is 0.696. The van der Waals surface area contributed by atoms with Crippen molar-refractivity contribution in [2.75, 3.05) is 73.2 Å². The van der Waals surface area contributed by atoms with E-state index in [0.717, 1.165) is 56.5 Å². The van der Waals surface area contributed by atoms with Crippen LogP contribution >= 0.6 is 0 Å². The molecule has 1 aliphatic heterocycles. The van der Waals surface area contributed by atoms with Crippen LogP contribution in [0.4, 0.5) is 0 Å². The van der Waals surface area contributed by atoms with E-state index in [4.69, 9.17) is 9.47 Å². The van der Waals surface area contributed by atoms with Gasteiger partial charge in [0.15, 0.2) is 5.96 Å². The highest BCUT2D eigenvalue weighted by Crippen LogP contribution is 2.20. The molecule has 170 valence electrons. The molecule has 1 aromatic carbocycles. The van der Waals surface area contributed by atoms with E-state index in [0.29, 0.717) is 32.3 Å². The van der Waals surface area contributed by atoms with Gasteiger partial charge in [-0.2, -0.15) is 0 Å². The zero-order valence-corrected chi connectivity index (χ0v) is 19.5. The molecule has 0 aromatic heterocycles. The molecule has 0 radical (unpaired) electrons. The monoisotopic (exact) mass is 419 g/mol. The zero-order valence-electron chi connectivity index (χ0n) is 19.5. The maximum atomic E-state index is 5.94. The minimum absolute atomic E-state index is 0.557. The molecule has 0 bridgehead atoms. The van der Waals surface area contributed by atoms with E-state index in [1.165, 1.54) is 5.56 Å². The first-order valence-electron chi connectivity index (χ1n) is 11.2. The molecule has 1 heterocycles. The molecule has 1 fully saturated rings. The van der Waals surface area contributed by atoms with Crippen LogP contribution in [0.1, 0.15) is 25.0 Å². The van der Waals surface area contributed by atoms with Crippen molar-refractivity contribution in [1.29, 1.82) is 0 Å². The van der Waals surface area contributed by atoms with Crippen molar-refractivity contribution in [2.45, 2.75) is 27.3 Å². The molecule has 1 saturated heterocycles. The van der Waals surface area contributed by atoms with Gasteiger partial charge >= 0.3 is 0 Å². The summed E-state index contributed by atoms with van der Waals surface area (Å²) in [4.78, 5) is 9.33. The Labute approximate surface area is 182 Å². The smallest absolute Gasteiger partial charge is 0.191 e. The van der Waals surface area contributed by atoms with E-state index in [1.807, 2.05) is 14.0 Å². The summed E-state index contributed by atoms with van der Waals surface area (Å²) in [5.41, 5.74) is 2.30. The Kier molecular flexibility index (Phi) is 11.0. The molecule has 0 saturated carbocycles. The minimum atomic E-state index is 0.557. The summed E-state index contributed by atoms with van der Waals surface area (Å²) in [7, 11) is 4.01. The van der Waals surface area contributed by atoms with Gasteiger partial charge in [0.25, 0.3) is 0 Å². The van der Waals surface area contributed by atoms with E-state index in [2.05, 4.69) is 64.5 Å². The van der Waals surface area contributed by atoms with Gasteiger partial charge in [0.2, 0.25) is 0 Å². The number of hydrogen-bond acceptors (Lipinski definition) is 5. The van der Waals surface area contributed by atoms with Crippen LogP contribution < -0.4 is 15.4 Å². The molecular weight excluding hydrogens is 378 g/mol. The van der Waals surface area contributed by atoms with E-state index < -0.39 is 0 Å². The number of likely N-dealkylation sites (N-methyl/N-ethyl adjacent to an activating group) is 1. The Bertz CT molecular complexity index is 644. The average Bonchev–Trinajstić information content (AvgIpc) is 2.74. The van der Waals surface area contributed by atoms with Gasteiger partial charge in [0, 0.05) is 65.0 Å². The number of aryl methyl sites for hydroxylation is 1. The maximum absolute atomic E-state index is 5.94. The molecule has 1 aromatic rings. The summed E-state index contributed by atoms with van der Waals surface area (Å²) in [6, 6.07) is 6.31. The summed E-state index contributed by atoms with van der Waals surface area (Å²) >= 11 is 0. The SMILES string of the molecule is CCOCCOc1cc(C)ccc1CNC(=NC)NCC(C)CN1CCN(C)CC1. The van der Waals surface area contributed by atoms with Gasteiger partial charge < -0.3 is 29.9 Å². The van der Waals surface area contributed by atoms with Crippen molar-refractivity contribution in [3.8, 4) is 5.75 Å². The van der Waals surface area contributed by atoms with Crippen molar-refractivity contribution >= 4 is 5.96 Å². The molecule has 0 spiro atoms. The topological polar surface area (TPSA) is 61.4 Å². The first-order chi connectivity index (χ1) is 14.5. The Hall–Kier alpha value is -1.83. The highest BCUT2D eigenvalue weighted by atomic mass is 16.5. The Balaban J connectivity index is 1.78. The van der Waals surface area contributed by atoms with E-state index in [-0.39, 0.29) is 0 Å². The van der Waals surface area contributed by atoms with Crippen LogP contribution in [0.3, 0.4) is 0 Å². The zero-order chi connectivity index (χ0) is 21.8. The lowest BCUT2D eigenvalue weighted by molar-refractivity contribution is 0.110. The lowest BCUT2D eigenvalue weighted by Gasteiger charge is -2.34. The highest BCUT2D eigenvalue weighted by molar-refractivity contribution is 5.79. The Morgan fingerprint density at radius 1 is 1.17 bits per heavy atom. The molecule has 1 aliphatic rings. The van der Waals surface area contributed by atoms with Crippen molar-refractivity contribution < 1.29 is 9.47 Å². The first kappa shape index (κ1) is 24.4. The van der Waals surface area contributed by atoms with Crippen LogP contribution in [0.15, 0.2) is 23.2 Å². The third kappa shape index (κ3) is 8.90. The van der Waals surface area contributed by atoms with Gasteiger partial charge in [0.1, 0.15) is 12.4 Å². The normalized spacial score (nSPS) is 17.0. The van der Waals surface area contributed by atoms with Crippen LogP contribution in [-0.4, -0.2) is 88.9 Å². The number of aliphatic imine (C=N–C) groups is 1. The average molecular weight is 420 g/mol. The van der Waals surface area contributed by atoms with Crippen LogP contribution in [0.2, 0.25) is 0 Å². The molecule has 1 atom stereocenters. The molecule has 0 aliphatic carbocycles. The third-order valence-electron chi connectivity index (χ3n) is 5.37. The van der Waals surface area contributed by atoms with E-state index in [1.54, 1.807) is 0 Å². The fourth-order valence-electron chi connectivity index (χ4n) is 3.50. The predicted octanol–water partition coefficient (Wildman–Crippen LogP) is 1.96. The third-order valence-corrected chi connectivity index (χ3v) is 5.37. The Morgan fingerprint density at radius 2 is 1.93 bits per heavy atom. The second kappa shape index (κ2) is 13.5. The first-order valence-corrected chi connectivity index (χ1v) is 11.2. The van der Waals surface area contributed by atoms with Crippen LogP contribution in [0.25, 0.3) is 0 Å². The molecule has 7 heteroatoms. The second-order valence-electron chi connectivity index (χ2n) is 8.17. The van der Waals surface area contributed by atoms with Gasteiger partial charge in [0.05, 0.1) is 6.61 Å². The molecule has 1 unspecified atom stereocenters. The van der Waals surface area contributed by atoms with E-state index >= 15 is 0 Å². The number of guanidine groups is 1. The molecule has 2 N–H and O–H groups in total. The second-order valence-corrected chi connectivity index (χ2v) is 8.17. The van der Waals surface area contributed by atoms with Crippen LogP contribution in [0.5, 0.6) is 5.75 Å². The number of piperazine rings is 1. The molecule has 2 rings (SSSR count). The molecule has 7 nitrogen and oxygen atoms in total. The van der Waals surface area contributed by atoms with Gasteiger partial charge in [-0.25, -0.2) is 0 Å². The predicted molar refractivity (Wildman–Crippen MR) is 124 cm³/mol. The summed E-state index contributed by atoms with van der Waals surface area (Å²) in [6.07, 6.45) is 0. The van der Waals surface area contributed by atoms with Crippen molar-refractivity contribution in [3.63, 3.8) is 0 Å². The highest BCUT2D eigenvalue weighted by Gasteiger charge is 2.16. The number of nitrogens with one attached hydrogen (secondary N) is 2. The van der Waals surface area contributed by atoms with Gasteiger partial charge in [-0.3, -0.25) is 4.99 Å².